The van der Waals surface area contributed by atoms with Gasteiger partial charge in [-0.1, -0.05) is 12.1 Å². The van der Waals surface area contributed by atoms with Gasteiger partial charge in [0.1, 0.15) is 5.82 Å². The third-order valence-electron chi connectivity index (χ3n) is 2.20. The molecule has 0 fully saturated rings. The molecule has 0 saturated heterocycles. The molecule has 0 aliphatic heterocycles. The molecule has 6 heteroatoms. The van der Waals surface area contributed by atoms with Crippen molar-refractivity contribution in [3.05, 3.63) is 35.6 Å². The summed E-state index contributed by atoms with van der Waals surface area (Å²) in [6, 6.07) is 5.54. The zero-order chi connectivity index (χ0) is 13.4. The number of carboxylic acid groups (broad SMARTS) is 1. The van der Waals surface area contributed by atoms with Crippen LogP contribution in [-0.4, -0.2) is 23.7 Å². The van der Waals surface area contributed by atoms with Gasteiger partial charge in [0.05, 0.1) is 0 Å². The number of carbonyl (C=O) groups excluding carboxylic acids is 1. The van der Waals surface area contributed by atoms with Gasteiger partial charge < -0.3 is 15.7 Å². The van der Waals surface area contributed by atoms with Gasteiger partial charge in [0.15, 0.2) is 0 Å². The summed E-state index contributed by atoms with van der Waals surface area (Å²) < 4.78 is 12.8. The summed E-state index contributed by atoms with van der Waals surface area (Å²) in [5, 5.41) is 13.5. The molecular formula is C12H15FN2O3. The van der Waals surface area contributed by atoms with Crippen LogP contribution in [0.2, 0.25) is 0 Å². The van der Waals surface area contributed by atoms with Gasteiger partial charge in [-0.15, -0.1) is 0 Å². The Kier molecular flexibility index (Phi) is 5.63. The summed E-state index contributed by atoms with van der Waals surface area (Å²) in [5.41, 5.74) is 0.663. The molecule has 0 heterocycles. The minimum absolute atomic E-state index is 0.0180. The van der Waals surface area contributed by atoms with E-state index in [-0.39, 0.29) is 18.8 Å². The standard InChI is InChI=1S/C12H15FN2O3/c13-10-4-1-3-9(7-10)8-15-12(18)14-6-2-5-11(16)17/h1,3-4,7H,2,5-6,8H2,(H,16,17)(H2,14,15,18). The SMILES string of the molecule is O=C(O)CCCNC(=O)NCc1cccc(F)c1. The van der Waals surface area contributed by atoms with Crippen LogP contribution >= 0.6 is 0 Å². The second kappa shape index (κ2) is 7.26. The average molecular weight is 254 g/mol. The number of rotatable bonds is 6. The van der Waals surface area contributed by atoms with Gasteiger partial charge in [-0.05, 0) is 24.1 Å². The van der Waals surface area contributed by atoms with Gasteiger partial charge in [0.25, 0.3) is 0 Å². The lowest BCUT2D eigenvalue weighted by atomic mass is 10.2. The van der Waals surface area contributed by atoms with Crippen LogP contribution in [0.4, 0.5) is 9.18 Å². The fourth-order valence-electron chi connectivity index (χ4n) is 1.33. The van der Waals surface area contributed by atoms with Crippen LogP contribution in [0.25, 0.3) is 0 Å². The van der Waals surface area contributed by atoms with Gasteiger partial charge >= 0.3 is 12.0 Å². The zero-order valence-electron chi connectivity index (χ0n) is 9.78. The lowest BCUT2D eigenvalue weighted by molar-refractivity contribution is -0.137. The molecule has 0 spiro atoms. The van der Waals surface area contributed by atoms with Crippen molar-refractivity contribution in [2.45, 2.75) is 19.4 Å². The van der Waals surface area contributed by atoms with Gasteiger partial charge in [0, 0.05) is 19.5 Å². The molecule has 1 aromatic rings. The van der Waals surface area contributed by atoms with Crippen LogP contribution in [0.5, 0.6) is 0 Å². The fraction of sp³-hybridized carbons (Fsp3) is 0.333. The van der Waals surface area contributed by atoms with Crippen LogP contribution in [0, 0.1) is 5.82 Å². The predicted octanol–water partition coefficient (Wildman–Crippen LogP) is 1.49. The highest BCUT2D eigenvalue weighted by molar-refractivity contribution is 5.73. The van der Waals surface area contributed by atoms with E-state index in [2.05, 4.69) is 10.6 Å². The largest absolute Gasteiger partial charge is 0.481 e. The van der Waals surface area contributed by atoms with Gasteiger partial charge in [-0.2, -0.15) is 0 Å². The summed E-state index contributed by atoms with van der Waals surface area (Å²) >= 11 is 0. The van der Waals surface area contributed by atoms with E-state index in [4.69, 9.17) is 5.11 Å². The Morgan fingerprint density at radius 3 is 2.72 bits per heavy atom. The van der Waals surface area contributed by atoms with Crippen LogP contribution in [0.1, 0.15) is 18.4 Å². The highest BCUT2D eigenvalue weighted by Crippen LogP contribution is 2.02. The molecule has 98 valence electrons. The summed E-state index contributed by atoms with van der Waals surface area (Å²) in [7, 11) is 0. The molecule has 2 amide bonds. The number of halogens is 1. The summed E-state index contributed by atoms with van der Waals surface area (Å²) in [6.07, 6.45) is 0.396. The van der Waals surface area contributed by atoms with Crippen LogP contribution in [0.3, 0.4) is 0 Å². The van der Waals surface area contributed by atoms with E-state index in [9.17, 15) is 14.0 Å². The number of carbonyl (C=O) groups is 2. The highest BCUT2D eigenvalue weighted by Gasteiger charge is 2.01. The van der Waals surface area contributed by atoms with Crippen molar-refractivity contribution >= 4 is 12.0 Å². The Labute approximate surface area is 104 Å². The number of hydrogen-bond donors (Lipinski definition) is 3. The Hall–Kier alpha value is -2.11. The minimum atomic E-state index is -0.892. The number of nitrogens with one attached hydrogen (secondary N) is 2. The molecule has 5 nitrogen and oxygen atoms in total. The lowest BCUT2D eigenvalue weighted by Gasteiger charge is -2.07. The normalized spacial score (nSPS) is 9.83. The molecule has 0 aliphatic rings. The van der Waals surface area contributed by atoms with Gasteiger partial charge in [0.2, 0.25) is 0 Å². The Morgan fingerprint density at radius 1 is 1.28 bits per heavy atom. The third kappa shape index (κ3) is 5.83. The number of benzene rings is 1. The quantitative estimate of drug-likeness (QED) is 0.673. The molecule has 1 aromatic carbocycles. The number of hydrogen-bond acceptors (Lipinski definition) is 2. The topological polar surface area (TPSA) is 78.4 Å². The Morgan fingerprint density at radius 2 is 2.06 bits per heavy atom. The molecule has 0 bridgehead atoms. The number of aliphatic carboxylic acids is 1. The fourth-order valence-corrected chi connectivity index (χ4v) is 1.33. The maximum atomic E-state index is 12.8. The first kappa shape index (κ1) is 14.0. The summed E-state index contributed by atoms with van der Waals surface area (Å²) in [5.74, 6) is -1.24. The Bertz CT molecular complexity index is 424. The highest BCUT2D eigenvalue weighted by atomic mass is 19.1. The molecule has 18 heavy (non-hydrogen) atoms. The predicted molar refractivity (Wildman–Crippen MR) is 63.5 cm³/mol. The molecule has 0 radical (unpaired) electrons. The Balaban J connectivity index is 2.19. The van der Waals surface area contributed by atoms with Crippen molar-refractivity contribution in [2.75, 3.05) is 6.54 Å². The molecule has 0 unspecified atom stereocenters. The molecule has 0 aliphatic carbocycles. The smallest absolute Gasteiger partial charge is 0.315 e. The first-order chi connectivity index (χ1) is 8.58. The minimum Gasteiger partial charge on any atom is -0.481 e. The van der Waals surface area contributed by atoms with E-state index in [0.717, 1.165) is 0 Å². The second-order valence-electron chi connectivity index (χ2n) is 3.74. The van der Waals surface area contributed by atoms with E-state index < -0.39 is 12.0 Å². The third-order valence-corrected chi connectivity index (χ3v) is 2.20. The van der Waals surface area contributed by atoms with Crippen molar-refractivity contribution in [1.29, 1.82) is 0 Å². The molecule has 0 atom stereocenters. The van der Waals surface area contributed by atoms with Crippen LogP contribution in [0.15, 0.2) is 24.3 Å². The van der Waals surface area contributed by atoms with Crippen LogP contribution in [-0.2, 0) is 11.3 Å². The first-order valence-corrected chi connectivity index (χ1v) is 5.56. The van der Waals surface area contributed by atoms with Crippen molar-refractivity contribution in [1.82, 2.24) is 10.6 Å². The van der Waals surface area contributed by atoms with Gasteiger partial charge in [-0.25, -0.2) is 9.18 Å². The lowest BCUT2D eigenvalue weighted by Crippen LogP contribution is -2.35. The summed E-state index contributed by atoms with van der Waals surface area (Å²) in [6.45, 7) is 0.518. The van der Waals surface area contributed by atoms with Crippen molar-refractivity contribution in [2.24, 2.45) is 0 Å². The second-order valence-corrected chi connectivity index (χ2v) is 3.74. The van der Waals surface area contributed by atoms with Crippen molar-refractivity contribution < 1.29 is 19.1 Å². The zero-order valence-corrected chi connectivity index (χ0v) is 9.78. The first-order valence-electron chi connectivity index (χ1n) is 5.56. The number of urea groups is 1. The number of carboxylic acids is 1. The van der Waals surface area contributed by atoms with Crippen LogP contribution < -0.4 is 10.6 Å². The molecular weight excluding hydrogens is 239 g/mol. The van der Waals surface area contributed by atoms with E-state index in [1.807, 2.05) is 0 Å². The molecule has 3 N–H and O–H groups in total. The monoisotopic (exact) mass is 254 g/mol. The maximum Gasteiger partial charge on any atom is 0.315 e. The van der Waals surface area contributed by atoms with E-state index in [1.54, 1.807) is 12.1 Å². The van der Waals surface area contributed by atoms with E-state index in [0.29, 0.717) is 18.5 Å². The van der Waals surface area contributed by atoms with E-state index >= 15 is 0 Å². The van der Waals surface area contributed by atoms with Crippen molar-refractivity contribution in [3.63, 3.8) is 0 Å². The van der Waals surface area contributed by atoms with E-state index in [1.165, 1.54) is 12.1 Å². The maximum absolute atomic E-state index is 12.8. The number of amides is 2. The summed E-state index contributed by atoms with van der Waals surface area (Å²) in [4.78, 5) is 21.5. The molecule has 1 rings (SSSR count). The van der Waals surface area contributed by atoms with Crippen molar-refractivity contribution in [3.8, 4) is 0 Å². The molecule has 0 saturated carbocycles. The van der Waals surface area contributed by atoms with Gasteiger partial charge in [-0.3, -0.25) is 4.79 Å². The average Bonchev–Trinajstić information content (AvgIpc) is 2.32. The molecule has 0 aromatic heterocycles.